The van der Waals surface area contributed by atoms with Crippen LogP contribution in [0.15, 0.2) is 30.5 Å². The zero-order valence-corrected chi connectivity index (χ0v) is 8.94. The second-order valence-corrected chi connectivity index (χ2v) is 3.68. The first-order valence-corrected chi connectivity index (χ1v) is 5.30. The molecule has 1 aliphatic carbocycles. The van der Waals surface area contributed by atoms with Crippen molar-refractivity contribution in [3.05, 3.63) is 30.5 Å². The van der Waals surface area contributed by atoms with E-state index >= 15 is 0 Å². The van der Waals surface area contributed by atoms with Crippen molar-refractivity contribution in [2.24, 2.45) is 0 Å². The topological polar surface area (TPSA) is 34.1 Å². The summed E-state index contributed by atoms with van der Waals surface area (Å²) in [6.07, 6.45) is 9.61. The fourth-order valence-corrected chi connectivity index (χ4v) is 1.78. The van der Waals surface area contributed by atoms with E-state index in [1.165, 1.54) is 0 Å². The van der Waals surface area contributed by atoms with Gasteiger partial charge in [0.05, 0.1) is 7.11 Å². The van der Waals surface area contributed by atoms with Crippen molar-refractivity contribution < 1.29 is 4.74 Å². The summed E-state index contributed by atoms with van der Waals surface area (Å²) in [5.74, 6) is 1.66. The van der Waals surface area contributed by atoms with Gasteiger partial charge in [-0.1, -0.05) is 12.2 Å². The van der Waals surface area contributed by atoms with Gasteiger partial charge in [-0.25, -0.2) is 4.98 Å². The van der Waals surface area contributed by atoms with Crippen LogP contribution >= 0.6 is 0 Å². The summed E-state index contributed by atoms with van der Waals surface area (Å²) >= 11 is 0. The summed E-state index contributed by atoms with van der Waals surface area (Å²) in [5.41, 5.74) is 0. The van der Waals surface area contributed by atoms with Crippen LogP contribution in [-0.2, 0) is 0 Å². The molecule has 0 amide bonds. The van der Waals surface area contributed by atoms with Crippen LogP contribution in [0.1, 0.15) is 19.3 Å². The zero-order chi connectivity index (χ0) is 10.5. The maximum absolute atomic E-state index is 5.24. The smallest absolute Gasteiger partial charge is 0.168 e. The lowest BCUT2D eigenvalue weighted by atomic mass is 10.0. The van der Waals surface area contributed by atoms with Crippen LogP contribution in [0.2, 0.25) is 0 Å². The fourth-order valence-electron chi connectivity index (χ4n) is 1.78. The Kier molecular flexibility index (Phi) is 3.22. The number of methoxy groups -OCH3 is 1. The molecule has 0 aromatic carbocycles. The molecule has 0 bridgehead atoms. The van der Waals surface area contributed by atoms with E-state index in [9.17, 15) is 0 Å². The molecule has 3 heteroatoms. The number of nitrogens with one attached hydrogen (secondary N) is 1. The highest BCUT2D eigenvalue weighted by Gasteiger charge is 2.12. The van der Waals surface area contributed by atoms with Crippen molar-refractivity contribution in [1.29, 1.82) is 0 Å². The molecule has 1 aromatic rings. The Morgan fingerprint density at radius 3 is 3.13 bits per heavy atom. The molecule has 0 saturated carbocycles. The minimum Gasteiger partial charge on any atom is -0.493 e. The molecule has 0 radical (unpaired) electrons. The lowest BCUT2D eigenvalue weighted by Gasteiger charge is -2.20. The number of aromatic nitrogens is 1. The first kappa shape index (κ1) is 10.0. The second-order valence-electron chi connectivity index (χ2n) is 3.68. The van der Waals surface area contributed by atoms with E-state index in [0.717, 1.165) is 30.8 Å². The van der Waals surface area contributed by atoms with E-state index < -0.39 is 0 Å². The largest absolute Gasteiger partial charge is 0.493 e. The van der Waals surface area contributed by atoms with Crippen LogP contribution < -0.4 is 10.1 Å². The highest BCUT2D eigenvalue weighted by atomic mass is 16.5. The van der Waals surface area contributed by atoms with Gasteiger partial charge >= 0.3 is 0 Å². The van der Waals surface area contributed by atoms with Gasteiger partial charge in [-0.3, -0.25) is 0 Å². The molecule has 1 aliphatic rings. The molecule has 1 unspecified atom stereocenters. The molecule has 1 aromatic heterocycles. The van der Waals surface area contributed by atoms with Gasteiger partial charge in [0.25, 0.3) is 0 Å². The van der Waals surface area contributed by atoms with Gasteiger partial charge < -0.3 is 10.1 Å². The van der Waals surface area contributed by atoms with E-state index in [1.807, 2.05) is 12.1 Å². The Morgan fingerprint density at radius 1 is 1.47 bits per heavy atom. The number of rotatable bonds is 3. The number of hydrogen-bond donors (Lipinski definition) is 1. The molecule has 1 heterocycles. The van der Waals surface area contributed by atoms with Crippen LogP contribution in [-0.4, -0.2) is 18.1 Å². The van der Waals surface area contributed by atoms with Crippen molar-refractivity contribution in [2.45, 2.75) is 25.3 Å². The summed E-state index contributed by atoms with van der Waals surface area (Å²) in [6, 6.07) is 4.29. The molecule has 0 saturated heterocycles. The molecular weight excluding hydrogens is 188 g/mol. The predicted octanol–water partition coefficient (Wildman–Crippen LogP) is 2.61. The number of hydrogen-bond acceptors (Lipinski definition) is 3. The number of allylic oxidation sites excluding steroid dienone is 1. The summed E-state index contributed by atoms with van der Waals surface area (Å²) in [5, 5.41) is 3.41. The first-order chi connectivity index (χ1) is 7.40. The van der Waals surface area contributed by atoms with E-state index in [-0.39, 0.29) is 0 Å². The Morgan fingerprint density at radius 2 is 2.40 bits per heavy atom. The number of ether oxygens (including phenoxy) is 1. The Labute approximate surface area is 90.2 Å². The second kappa shape index (κ2) is 4.82. The first-order valence-electron chi connectivity index (χ1n) is 5.30. The van der Waals surface area contributed by atoms with Crippen LogP contribution in [0, 0.1) is 0 Å². The molecule has 0 aliphatic heterocycles. The third-order valence-electron chi connectivity index (χ3n) is 2.60. The maximum Gasteiger partial charge on any atom is 0.168 e. The van der Waals surface area contributed by atoms with Crippen LogP contribution in [0.5, 0.6) is 5.75 Å². The minimum absolute atomic E-state index is 0.485. The SMILES string of the molecule is COc1cccnc1NC1CC=CCC1. The summed E-state index contributed by atoms with van der Waals surface area (Å²) in [6.45, 7) is 0. The monoisotopic (exact) mass is 204 g/mol. The van der Waals surface area contributed by atoms with Crippen molar-refractivity contribution in [3.63, 3.8) is 0 Å². The standard InChI is InChI=1S/C12H16N2O/c1-15-11-8-5-9-13-12(11)14-10-6-3-2-4-7-10/h2-3,5,8-10H,4,6-7H2,1H3,(H,13,14). The third-order valence-corrected chi connectivity index (χ3v) is 2.60. The highest BCUT2D eigenvalue weighted by molar-refractivity contribution is 5.50. The minimum atomic E-state index is 0.485. The van der Waals surface area contributed by atoms with E-state index in [0.29, 0.717) is 6.04 Å². The molecule has 3 nitrogen and oxygen atoms in total. The van der Waals surface area contributed by atoms with Crippen molar-refractivity contribution in [1.82, 2.24) is 4.98 Å². The lowest BCUT2D eigenvalue weighted by molar-refractivity contribution is 0.414. The number of anilines is 1. The molecule has 80 valence electrons. The Bertz CT molecular complexity index is 349. The summed E-state index contributed by atoms with van der Waals surface area (Å²) < 4.78 is 5.24. The van der Waals surface area contributed by atoms with Gasteiger partial charge in [0, 0.05) is 12.2 Å². The number of nitrogens with zero attached hydrogens (tertiary/aromatic N) is 1. The normalized spacial score (nSPS) is 19.9. The number of pyridine rings is 1. The van der Waals surface area contributed by atoms with Crippen LogP contribution in [0.4, 0.5) is 5.82 Å². The lowest BCUT2D eigenvalue weighted by Crippen LogP contribution is -2.21. The maximum atomic E-state index is 5.24. The van der Waals surface area contributed by atoms with E-state index in [1.54, 1.807) is 13.3 Å². The van der Waals surface area contributed by atoms with Gasteiger partial charge in [0.2, 0.25) is 0 Å². The molecular formula is C12H16N2O. The molecule has 15 heavy (non-hydrogen) atoms. The molecule has 1 atom stereocenters. The quantitative estimate of drug-likeness (QED) is 0.768. The van der Waals surface area contributed by atoms with E-state index in [4.69, 9.17) is 4.74 Å². The van der Waals surface area contributed by atoms with Crippen LogP contribution in [0.3, 0.4) is 0 Å². The van der Waals surface area contributed by atoms with Gasteiger partial charge in [-0.05, 0) is 31.4 Å². The van der Waals surface area contributed by atoms with E-state index in [2.05, 4.69) is 22.5 Å². The molecule has 1 N–H and O–H groups in total. The average molecular weight is 204 g/mol. The zero-order valence-electron chi connectivity index (χ0n) is 8.94. The van der Waals surface area contributed by atoms with Gasteiger partial charge in [-0.15, -0.1) is 0 Å². The average Bonchev–Trinajstić information content (AvgIpc) is 2.31. The highest BCUT2D eigenvalue weighted by Crippen LogP contribution is 2.23. The predicted molar refractivity (Wildman–Crippen MR) is 61.2 cm³/mol. The Balaban J connectivity index is 2.06. The van der Waals surface area contributed by atoms with Crippen molar-refractivity contribution in [3.8, 4) is 5.75 Å². The Hall–Kier alpha value is -1.51. The summed E-state index contributed by atoms with van der Waals surface area (Å²) in [4.78, 5) is 4.28. The molecule has 0 spiro atoms. The van der Waals surface area contributed by atoms with Gasteiger partial charge in [0.1, 0.15) is 0 Å². The molecule has 2 rings (SSSR count). The van der Waals surface area contributed by atoms with Crippen molar-refractivity contribution >= 4 is 5.82 Å². The third kappa shape index (κ3) is 2.49. The fraction of sp³-hybridized carbons (Fsp3) is 0.417. The van der Waals surface area contributed by atoms with Gasteiger partial charge in [0.15, 0.2) is 11.6 Å². The van der Waals surface area contributed by atoms with Crippen molar-refractivity contribution in [2.75, 3.05) is 12.4 Å². The van der Waals surface area contributed by atoms with Gasteiger partial charge in [-0.2, -0.15) is 0 Å². The summed E-state index contributed by atoms with van der Waals surface area (Å²) in [7, 11) is 1.67. The van der Waals surface area contributed by atoms with Crippen LogP contribution in [0.25, 0.3) is 0 Å². The molecule has 0 fully saturated rings.